The number of nitrogens with zero attached hydrogens (tertiary/aromatic N) is 4. The molecule has 0 unspecified atom stereocenters. The number of ketones is 2. The van der Waals surface area contributed by atoms with Crippen molar-refractivity contribution < 1.29 is 32.4 Å². The van der Waals surface area contributed by atoms with Crippen molar-refractivity contribution >= 4 is 39.5 Å². The Morgan fingerprint density at radius 2 is 1.51 bits per heavy atom. The van der Waals surface area contributed by atoms with Crippen molar-refractivity contribution in [2.75, 3.05) is 59.4 Å². The molecule has 59 heavy (non-hydrogen) atoms. The van der Waals surface area contributed by atoms with Gasteiger partial charge in [0, 0.05) is 70.0 Å². The molecule has 330 valence electrons. The fourth-order valence-corrected chi connectivity index (χ4v) is 13.9. The predicted octanol–water partition coefficient (Wildman–Crippen LogP) is 4.33. The first kappa shape index (κ1) is 44.4. The summed E-state index contributed by atoms with van der Waals surface area (Å²) in [6.07, 6.45) is 11.6. The molecule has 6 atom stereocenters. The number of amides is 3. The Labute approximate surface area is 353 Å². The average Bonchev–Trinajstić information content (AvgIpc) is 3.62. The van der Waals surface area contributed by atoms with Crippen molar-refractivity contribution in [3.63, 3.8) is 0 Å². The van der Waals surface area contributed by atoms with Gasteiger partial charge >= 0.3 is 10.2 Å². The molecule has 7 aliphatic rings. The quantitative estimate of drug-likeness (QED) is 0.230. The molecule has 7 fully saturated rings. The molecule has 2 N–H and O–H groups in total. The van der Waals surface area contributed by atoms with Crippen LogP contribution in [0.5, 0.6) is 0 Å². The lowest BCUT2D eigenvalue weighted by atomic mass is 9.73. The van der Waals surface area contributed by atoms with Crippen molar-refractivity contribution in [1.29, 1.82) is 0 Å². The minimum atomic E-state index is -4.06. The minimum absolute atomic E-state index is 0.00602. The van der Waals surface area contributed by atoms with Gasteiger partial charge in [-0.15, -0.1) is 6.58 Å². The van der Waals surface area contributed by atoms with Gasteiger partial charge in [0.25, 0.3) is 0 Å². The number of Topliss-reactive ketones (excluding diaryl/α,β-unsaturated/α-hetero) is 2. The van der Waals surface area contributed by atoms with Crippen LogP contribution in [-0.2, 0) is 34.2 Å². The topological polar surface area (TPSA) is 157 Å². The zero-order chi connectivity index (χ0) is 42.8. The summed E-state index contributed by atoms with van der Waals surface area (Å²) in [5.74, 6) is -2.53. The summed E-state index contributed by atoms with van der Waals surface area (Å²) < 4.78 is 30.0. The van der Waals surface area contributed by atoms with E-state index in [4.69, 9.17) is 0 Å². The van der Waals surface area contributed by atoms with Crippen LogP contribution < -0.4 is 10.0 Å². The lowest BCUT2D eigenvalue weighted by Gasteiger charge is -2.37. The van der Waals surface area contributed by atoms with Gasteiger partial charge in [0.05, 0.1) is 24.0 Å². The highest BCUT2D eigenvalue weighted by molar-refractivity contribution is 7.87. The lowest BCUT2D eigenvalue weighted by Crippen LogP contribution is -2.53. The van der Waals surface area contributed by atoms with E-state index < -0.39 is 44.9 Å². The molecule has 14 heteroatoms. The van der Waals surface area contributed by atoms with E-state index in [1.807, 2.05) is 20.8 Å². The Hall–Kier alpha value is -2.68. The summed E-state index contributed by atoms with van der Waals surface area (Å²) >= 11 is 0. The third kappa shape index (κ3) is 7.99. The maximum Gasteiger partial charge on any atom is 0.303 e. The second kappa shape index (κ2) is 16.2. The predicted molar refractivity (Wildman–Crippen MR) is 226 cm³/mol. The summed E-state index contributed by atoms with van der Waals surface area (Å²) in [6.45, 7) is 19.1. The fraction of sp³-hybridized carbons (Fsp3) is 0.844. The number of carbonyl (C=O) groups is 5. The van der Waals surface area contributed by atoms with Gasteiger partial charge < -0.3 is 15.1 Å². The van der Waals surface area contributed by atoms with Crippen molar-refractivity contribution in [2.45, 2.75) is 137 Å². The molecule has 0 bridgehead atoms. The van der Waals surface area contributed by atoms with Gasteiger partial charge in [-0.3, -0.25) is 28.9 Å². The van der Waals surface area contributed by atoms with Gasteiger partial charge in [0.1, 0.15) is 0 Å². The fourth-order valence-electron chi connectivity index (χ4n) is 12.6. The van der Waals surface area contributed by atoms with E-state index in [-0.39, 0.29) is 70.8 Å². The number of carbonyl (C=O) groups excluding carboxylic acids is 5. The van der Waals surface area contributed by atoms with Crippen LogP contribution in [0.3, 0.4) is 0 Å². The maximum absolute atomic E-state index is 15.3. The van der Waals surface area contributed by atoms with Gasteiger partial charge in [-0.25, -0.2) is 4.72 Å². The van der Waals surface area contributed by atoms with E-state index in [0.717, 1.165) is 90.4 Å². The van der Waals surface area contributed by atoms with Crippen LogP contribution in [0.1, 0.15) is 125 Å². The molecule has 3 heterocycles. The third-order valence-electron chi connectivity index (χ3n) is 16.9. The SMILES string of the molecule is C=C[C@@H]1C[C@]1(CC(=O)[C@@H]1C[C@@]2(CN1C(=O)[C@@H](CC(=O)[C@@H](NC(=O)CN1CCN(C)CC1)C1CCCCC1)C(C)(C)C)C(C)(C)C21CCC1)C(=O)NS(=O)(=O)N1CCCC1. The van der Waals surface area contributed by atoms with Crippen LogP contribution in [0.15, 0.2) is 12.7 Å². The Kier molecular flexibility index (Phi) is 12.2. The van der Waals surface area contributed by atoms with Crippen LogP contribution in [-0.4, -0.2) is 128 Å². The highest BCUT2D eigenvalue weighted by atomic mass is 32.2. The average molecular weight is 841 g/mol. The second-order valence-electron chi connectivity index (χ2n) is 21.3. The Morgan fingerprint density at radius 3 is 2.05 bits per heavy atom. The molecule has 0 radical (unpaired) electrons. The van der Waals surface area contributed by atoms with Crippen LogP contribution >= 0.6 is 0 Å². The number of likely N-dealkylation sites (tertiary alicyclic amines) is 1. The number of piperazine rings is 1. The second-order valence-corrected chi connectivity index (χ2v) is 23.0. The summed E-state index contributed by atoms with van der Waals surface area (Å²) in [7, 11) is -1.98. The molecule has 3 amide bonds. The summed E-state index contributed by atoms with van der Waals surface area (Å²) in [6, 6.07) is -1.48. The molecule has 2 spiro atoms. The highest BCUT2D eigenvalue weighted by Crippen LogP contribution is 2.88. The van der Waals surface area contributed by atoms with E-state index in [1.54, 1.807) is 11.0 Å². The van der Waals surface area contributed by atoms with Crippen LogP contribution in [0.4, 0.5) is 0 Å². The number of rotatable bonds is 15. The molecule has 7 rings (SSSR count). The largest absolute Gasteiger partial charge is 0.345 e. The number of fused-ring (bicyclic) bond motifs is 1. The van der Waals surface area contributed by atoms with Crippen LogP contribution in [0, 0.1) is 44.8 Å². The molecular formula is C45H72N6O7S. The van der Waals surface area contributed by atoms with Gasteiger partial charge in [-0.2, -0.15) is 12.7 Å². The summed E-state index contributed by atoms with van der Waals surface area (Å²) in [5, 5.41) is 3.17. The summed E-state index contributed by atoms with van der Waals surface area (Å²) in [5.41, 5.74) is -2.22. The summed E-state index contributed by atoms with van der Waals surface area (Å²) in [4.78, 5) is 78.5. The van der Waals surface area contributed by atoms with Gasteiger partial charge in [0.15, 0.2) is 11.6 Å². The smallest absolute Gasteiger partial charge is 0.303 e. The molecule has 3 aliphatic heterocycles. The first-order chi connectivity index (χ1) is 27.7. The first-order valence-corrected chi connectivity index (χ1v) is 24.2. The van der Waals surface area contributed by atoms with E-state index in [0.29, 0.717) is 32.5 Å². The van der Waals surface area contributed by atoms with Gasteiger partial charge in [0.2, 0.25) is 17.7 Å². The standard InChI is InChI=1S/C45H72N6O7S/c1-8-32-26-43(32,40(56)47-59(57,58)50-19-12-13-20-50)28-36(53)34-27-45(42(5,6)44(45)17-14-18-44)30-51(34)39(55)33(41(2,3)4)25-35(52)38(31-15-10-9-11-16-31)46-37(54)29-49-23-21-48(7)22-24-49/h8,31-34,38H,1,9-30H2,2-7H3,(H,46,54)(H,47,56)/t32-,33-,34+,38+,43-,45-/m1/s1. The zero-order valence-electron chi connectivity index (χ0n) is 36.8. The molecule has 4 saturated carbocycles. The Morgan fingerprint density at radius 1 is 0.864 bits per heavy atom. The normalized spacial score (nSPS) is 32.0. The molecule has 4 aliphatic carbocycles. The van der Waals surface area contributed by atoms with Crippen molar-refractivity contribution in [3.05, 3.63) is 12.7 Å². The lowest BCUT2D eigenvalue weighted by molar-refractivity contribution is -0.147. The van der Waals surface area contributed by atoms with E-state index in [1.165, 1.54) is 4.31 Å². The zero-order valence-corrected chi connectivity index (χ0v) is 37.6. The minimum Gasteiger partial charge on any atom is -0.345 e. The first-order valence-electron chi connectivity index (χ1n) is 22.7. The number of allylic oxidation sites excluding steroid dienone is 1. The van der Waals surface area contributed by atoms with E-state index in [9.17, 15) is 27.6 Å². The van der Waals surface area contributed by atoms with Crippen molar-refractivity contribution in [2.24, 2.45) is 44.8 Å². The molecule has 13 nitrogen and oxygen atoms in total. The molecular weight excluding hydrogens is 769 g/mol. The van der Waals surface area contributed by atoms with Crippen LogP contribution in [0.2, 0.25) is 0 Å². The maximum atomic E-state index is 15.3. The number of nitrogens with one attached hydrogen (secondary N) is 2. The number of hydrogen-bond donors (Lipinski definition) is 2. The Bertz CT molecular complexity index is 1790. The Balaban J connectivity index is 1.13. The number of likely N-dealkylation sites (N-methyl/N-ethyl adjacent to an activating group) is 1. The highest BCUT2D eigenvalue weighted by Gasteiger charge is 2.85. The molecule has 0 aromatic carbocycles. The van der Waals surface area contributed by atoms with Gasteiger partial charge in [-0.05, 0) is 86.5 Å². The molecule has 0 aromatic rings. The monoisotopic (exact) mass is 841 g/mol. The van der Waals surface area contributed by atoms with Crippen molar-refractivity contribution in [3.8, 4) is 0 Å². The number of hydrogen-bond acceptors (Lipinski definition) is 9. The van der Waals surface area contributed by atoms with E-state index >= 15 is 4.79 Å². The van der Waals surface area contributed by atoms with Crippen molar-refractivity contribution in [1.82, 2.24) is 29.0 Å². The molecule has 0 aromatic heterocycles. The van der Waals surface area contributed by atoms with Gasteiger partial charge in [-0.1, -0.05) is 66.4 Å². The third-order valence-corrected chi connectivity index (χ3v) is 18.4. The van der Waals surface area contributed by atoms with E-state index in [2.05, 4.69) is 47.3 Å². The molecule has 3 saturated heterocycles. The van der Waals surface area contributed by atoms with Crippen LogP contribution in [0.25, 0.3) is 0 Å².